The number of carbonyl (C=O) groups excluding carboxylic acids is 3. The quantitative estimate of drug-likeness (QED) is 0.206. The molecular formula is C25H38N10O5S. The number of nitrogens with two attached hydrogens (primary N) is 1. The molecule has 0 aromatic carbocycles. The van der Waals surface area contributed by atoms with Crippen molar-refractivity contribution >= 4 is 35.5 Å². The van der Waals surface area contributed by atoms with Crippen LogP contribution in [0.2, 0.25) is 0 Å². The molecule has 1 aromatic rings. The minimum absolute atomic E-state index is 0.00209. The highest BCUT2D eigenvalue weighted by atomic mass is 32.2. The van der Waals surface area contributed by atoms with Crippen LogP contribution in [0.1, 0.15) is 26.7 Å². The molecule has 41 heavy (non-hydrogen) atoms. The van der Waals surface area contributed by atoms with Gasteiger partial charge < -0.3 is 31.3 Å². The third kappa shape index (κ3) is 5.96. The predicted octanol–water partition coefficient (Wildman–Crippen LogP) is -2.09. The van der Waals surface area contributed by atoms with Gasteiger partial charge in [0.25, 0.3) is 0 Å². The molecule has 4 aliphatic rings. The molecule has 16 heteroatoms. The van der Waals surface area contributed by atoms with Gasteiger partial charge in [-0.15, -0.1) is 16.9 Å². The van der Waals surface area contributed by atoms with E-state index in [0.717, 1.165) is 26.1 Å². The zero-order valence-electron chi connectivity index (χ0n) is 23.3. The number of carboxylic acid groups (broad SMARTS) is 1. The highest BCUT2D eigenvalue weighted by molar-refractivity contribution is 8.03. The van der Waals surface area contributed by atoms with Gasteiger partial charge in [-0.2, -0.15) is 0 Å². The number of amides is 3. The average molecular weight is 591 g/mol. The maximum absolute atomic E-state index is 13.2. The van der Waals surface area contributed by atoms with Crippen molar-refractivity contribution in [1.82, 2.24) is 45.5 Å². The largest absolute Gasteiger partial charge is 0.477 e. The Morgan fingerprint density at radius 1 is 1.27 bits per heavy atom. The Labute approximate surface area is 242 Å². The van der Waals surface area contributed by atoms with Gasteiger partial charge in [0, 0.05) is 54.8 Å². The molecule has 3 fully saturated rings. The van der Waals surface area contributed by atoms with Crippen LogP contribution in [-0.2, 0) is 25.7 Å². The molecule has 224 valence electrons. The van der Waals surface area contributed by atoms with Crippen LogP contribution in [0.15, 0.2) is 16.9 Å². The van der Waals surface area contributed by atoms with Crippen LogP contribution >= 0.6 is 11.8 Å². The van der Waals surface area contributed by atoms with E-state index < -0.39 is 17.9 Å². The summed E-state index contributed by atoms with van der Waals surface area (Å²) in [5.74, 6) is -2.47. The number of hydrogen-bond acceptors (Lipinski definition) is 11. The molecule has 0 aliphatic carbocycles. The van der Waals surface area contributed by atoms with Crippen molar-refractivity contribution in [3.8, 4) is 0 Å². The molecule has 5 N–H and O–H groups in total. The molecule has 3 amide bonds. The summed E-state index contributed by atoms with van der Waals surface area (Å²) < 4.78 is 1.28. The number of β-lactam (4-membered cyclic amide) rings is 1. The lowest BCUT2D eigenvalue weighted by Crippen LogP contribution is -2.66. The van der Waals surface area contributed by atoms with Crippen LogP contribution in [-0.4, -0.2) is 133 Å². The van der Waals surface area contributed by atoms with Gasteiger partial charge in [0.1, 0.15) is 18.6 Å². The summed E-state index contributed by atoms with van der Waals surface area (Å²) in [5.41, 5.74) is 5.63. The lowest BCUT2D eigenvalue weighted by atomic mass is 9.78. The molecule has 0 saturated carbocycles. The first-order valence-corrected chi connectivity index (χ1v) is 15.0. The standard InChI is InChI=1S/C25H38N10O5S/c1-14-20-19(15(2)29-18(36)12-34-13-28-30-31-34)24(38)35(20)21(25(39)40)22(14)41-16-10-17(27-11-16)23(37)33-8-6-32(7-9-33)5-3-4-26/h13-17,19-20,27H,3-12,26H2,1-2H3,(H,29,36)(H,39,40)/t14-,15-,16?,17+,19-,20?/m1/s1. The minimum Gasteiger partial charge on any atom is -0.477 e. The Kier molecular flexibility index (Phi) is 8.91. The van der Waals surface area contributed by atoms with E-state index in [1.807, 2.05) is 11.8 Å². The van der Waals surface area contributed by atoms with Crippen molar-refractivity contribution in [2.75, 3.05) is 45.8 Å². The Bertz CT molecular complexity index is 1190. The minimum atomic E-state index is -1.14. The molecule has 0 radical (unpaired) electrons. The van der Waals surface area contributed by atoms with E-state index >= 15 is 0 Å². The van der Waals surface area contributed by atoms with Crippen LogP contribution in [0.4, 0.5) is 0 Å². The van der Waals surface area contributed by atoms with Crippen molar-refractivity contribution in [2.45, 2.75) is 56.6 Å². The number of nitrogens with one attached hydrogen (secondary N) is 2. The number of aliphatic carboxylic acids is 1. The third-order valence-corrected chi connectivity index (χ3v) is 9.97. The summed E-state index contributed by atoms with van der Waals surface area (Å²) >= 11 is 1.46. The van der Waals surface area contributed by atoms with Crippen molar-refractivity contribution in [3.05, 3.63) is 16.9 Å². The van der Waals surface area contributed by atoms with E-state index in [1.165, 1.54) is 27.7 Å². The SMILES string of the molecule is C[C@H]1C(SC2CN[C@H](C(=O)N3CCN(CCCN)CC3)C2)=C(C(=O)O)N2C(=O)[C@H]([C@@H](C)NC(=O)Cn3cnnn3)C12. The monoisotopic (exact) mass is 590 g/mol. The number of rotatable bonds is 11. The van der Waals surface area contributed by atoms with Crippen LogP contribution in [0.5, 0.6) is 0 Å². The second kappa shape index (κ2) is 12.4. The van der Waals surface area contributed by atoms with E-state index in [0.29, 0.717) is 37.5 Å². The molecule has 5 heterocycles. The summed E-state index contributed by atoms with van der Waals surface area (Å²) in [6.07, 6.45) is 2.86. The van der Waals surface area contributed by atoms with Crippen molar-refractivity contribution in [3.63, 3.8) is 0 Å². The number of aromatic nitrogens is 4. The molecule has 6 atom stereocenters. The number of thioether (sulfide) groups is 1. The first-order chi connectivity index (χ1) is 19.7. The normalized spacial score (nSPS) is 29.0. The number of tetrazole rings is 1. The number of carbonyl (C=O) groups is 4. The molecule has 5 rings (SSSR count). The Hall–Kier alpha value is -3.08. The highest BCUT2D eigenvalue weighted by Gasteiger charge is 2.60. The van der Waals surface area contributed by atoms with Gasteiger partial charge in [-0.3, -0.25) is 19.3 Å². The van der Waals surface area contributed by atoms with Gasteiger partial charge in [0.2, 0.25) is 17.7 Å². The summed E-state index contributed by atoms with van der Waals surface area (Å²) in [6, 6.07) is -1.17. The molecule has 0 spiro atoms. The molecule has 3 saturated heterocycles. The molecular weight excluding hydrogens is 552 g/mol. The van der Waals surface area contributed by atoms with Crippen molar-refractivity contribution in [1.29, 1.82) is 0 Å². The first kappa shape index (κ1) is 29.4. The molecule has 4 aliphatic heterocycles. The summed E-state index contributed by atoms with van der Waals surface area (Å²) in [4.78, 5) is 57.5. The van der Waals surface area contributed by atoms with Gasteiger partial charge >= 0.3 is 5.97 Å². The summed E-state index contributed by atoms with van der Waals surface area (Å²) in [5, 5.41) is 26.9. The number of carboxylic acids is 1. The molecule has 0 bridgehead atoms. The Balaban J connectivity index is 1.18. The van der Waals surface area contributed by atoms with Crippen LogP contribution in [0, 0.1) is 11.8 Å². The molecule has 1 aromatic heterocycles. The zero-order chi connectivity index (χ0) is 29.3. The zero-order valence-corrected chi connectivity index (χ0v) is 24.1. The lowest BCUT2D eigenvalue weighted by Gasteiger charge is -2.47. The number of fused-ring (bicyclic) bond motifs is 1. The highest BCUT2D eigenvalue weighted by Crippen LogP contribution is 2.51. The fraction of sp³-hybridized carbons (Fsp3) is 0.720. The van der Waals surface area contributed by atoms with Gasteiger partial charge in [0.05, 0.1) is 18.0 Å². The van der Waals surface area contributed by atoms with Gasteiger partial charge in [0.15, 0.2) is 0 Å². The first-order valence-electron chi connectivity index (χ1n) is 14.1. The smallest absolute Gasteiger partial charge is 0.353 e. The Morgan fingerprint density at radius 3 is 2.68 bits per heavy atom. The predicted molar refractivity (Wildman–Crippen MR) is 148 cm³/mol. The maximum Gasteiger partial charge on any atom is 0.353 e. The number of piperazine rings is 1. The van der Waals surface area contributed by atoms with E-state index in [1.54, 1.807) is 6.92 Å². The van der Waals surface area contributed by atoms with Gasteiger partial charge in [-0.1, -0.05) is 6.92 Å². The van der Waals surface area contributed by atoms with Gasteiger partial charge in [-0.05, 0) is 43.3 Å². The van der Waals surface area contributed by atoms with E-state index in [9.17, 15) is 24.3 Å². The summed E-state index contributed by atoms with van der Waals surface area (Å²) in [6.45, 7) is 8.85. The second-order valence-electron chi connectivity index (χ2n) is 11.1. The maximum atomic E-state index is 13.2. The number of nitrogens with zero attached hydrogens (tertiary/aromatic N) is 7. The average Bonchev–Trinajstić information content (AvgIpc) is 3.68. The van der Waals surface area contributed by atoms with Crippen LogP contribution < -0.4 is 16.4 Å². The third-order valence-electron chi connectivity index (χ3n) is 8.46. The Morgan fingerprint density at radius 2 is 2.02 bits per heavy atom. The molecule has 15 nitrogen and oxygen atoms in total. The summed E-state index contributed by atoms with van der Waals surface area (Å²) in [7, 11) is 0. The van der Waals surface area contributed by atoms with Crippen LogP contribution in [0.3, 0.4) is 0 Å². The van der Waals surface area contributed by atoms with Crippen LogP contribution in [0.25, 0.3) is 0 Å². The fourth-order valence-electron chi connectivity index (χ4n) is 6.37. The molecule has 2 unspecified atom stereocenters. The fourth-order valence-corrected chi connectivity index (χ4v) is 7.85. The van der Waals surface area contributed by atoms with Gasteiger partial charge in [-0.25, -0.2) is 9.48 Å². The number of hydrogen-bond donors (Lipinski definition) is 4. The lowest BCUT2D eigenvalue weighted by molar-refractivity contribution is -0.158. The topological polar surface area (TPSA) is 192 Å². The van der Waals surface area contributed by atoms with Crippen molar-refractivity contribution < 1.29 is 24.3 Å². The van der Waals surface area contributed by atoms with E-state index in [4.69, 9.17) is 5.73 Å². The van der Waals surface area contributed by atoms with Crippen molar-refractivity contribution in [2.24, 2.45) is 17.6 Å². The van der Waals surface area contributed by atoms with E-state index in [2.05, 4.69) is 31.1 Å². The van der Waals surface area contributed by atoms with E-state index in [-0.39, 0.29) is 53.2 Å². The second-order valence-corrected chi connectivity index (χ2v) is 12.5.